The minimum Gasteiger partial charge on any atom is -0.384 e. The third-order valence-electron chi connectivity index (χ3n) is 5.28. The van der Waals surface area contributed by atoms with E-state index in [1.165, 1.54) is 12.1 Å². The van der Waals surface area contributed by atoms with Crippen LogP contribution >= 0.6 is 11.6 Å². The van der Waals surface area contributed by atoms with Gasteiger partial charge in [-0.1, -0.05) is 25.4 Å². The summed E-state index contributed by atoms with van der Waals surface area (Å²) in [5.74, 6) is -0.251. The van der Waals surface area contributed by atoms with E-state index in [1.54, 1.807) is 13.2 Å². The van der Waals surface area contributed by atoms with Crippen molar-refractivity contribution in [3.63, 3.8) is 0 Å². The third kappa shape index (κ3) is 2.33. The van der Waals surface area contributed by atoms with Crippen molar-refractivity contribution in [3.05, 3.63) is 34.6 Å². The van der Waals surface area contributed by atoms with E-state index in [1.807, 2.05) is 4.90 Å². The fourth-order valence-corrected chi connectivity index (χ4v) is 4.69. The van der Waals surface area contributed by atoms with Gasteiger partial charge < -0.3 is 9.64 Å². The second-order valence-electron chi connectivity index (χ2n) is 7.33. The number of ether oxygens (including phenoxy) is 1. The zero-order valence-corrected chi connectivity index (χ0v) is 13.9. The summed E-state index contributed by atoms with van der Waals surface area (Å²) >= 11 is 5.69. The number of methoxy groups -OCH3 is 1. The van der Waals surface area contributed by atoms with Crippen LogP contribution < -0.4 is 0 Å². The summed E-state index contributed by atoms with van der Waals surface area (Å²) in [5.41, 5.74) is 0.631. The van der Waals surface area contributed by atoms with Gasteiger partial charge in [-0.3, -0.25) is 4.79 Å². The van der Waals surface area contributed by atoms with E-state index in [9.17, 15) is 9.18 Å². The summed E-state index contributed by atoms with van der Waals surface area (Å²) in [4.78, 5) is 14.5. The number of benzene rings is 1. The number of likely N-dealkylation sites (tertiary alicyclic amines) is 1. The van der Waals surface area contributed by atoms with Crippen LogP contribution in [0.25, 0.3) is 0 Å². The molecule has 0 N–H and O–H groups in total. The zero-order chi connectivity index (χ0) is 16.1. The van der Waals surface area contributed by atoms with Gasteiger partial charge in [0.05, 0.1) is 11.6 Å². The van der Waals surface area contributed by atoms with E-state index in [-0.39, 0.29) is 21.8 Å². The van der Waals surface area contributed by atoms with Crippen LogP contribution in [-0.4, -0.2) is 37.6 Å². The second kappa shape index (κ2) is 5.20. The predicted molar refractivity (Wildman–Crippen MR) is 83.5 cm³/mol. The van der Waals surface area contributed by atoms with Gasteiger partial charge in [-0.25, -0.2) is 4.39 Å². The number of halogens is 2. The Labute approximate surface area is 135 Å². The van der Waals surface area contributed by atoms with Gasteiger partial charge >= 0.3 is 0 Å². The van der Waals surface area contributed by atoms with Crippen molar-refractivity contribution >= 4 is 17.5 Å². The van der Waals surface area contributed by atoms with Gasteiger partial charge in [0.15, 0.2) is 0 Å². The molecule has 0 aromatic heterocycles. The average molecular weight is 326 g/mol. The van der Waals surface area contributed by atoms with Gasteiger partial charge in [0, 0.05) is 31.2 Å². The van der Waals surface area contributed by atoms with Gasteiger partial charge in [0.2, 0.25) is 0 Å². The molecular formula is C17H21ClFNO2. The molecule has 3 nitrogen and oxygen atoms in total. The Morgan fingerprint density at radius 1 is 1.50 bits per heavy atom. The topological polar surface area (TPSA) is 29.5 Å². The summed E-state index contributed by atoms with van der Waals surface area (Å²) in [5, 5.41) is 0.0371. The quantitative estimate of drug-likeness (QED) is 0.849. The number of fused-ring (bicyclic) bond motifs is 1. The first-order chi connectivity index (χ1) is 10.3. The number of hydrogen-bond acceptors (Lipinski definition) is 2. The molecule has 1 saturated heterocycles. The van der Waals surface area contributed by atoms with E-state index in [0.29, 0.717) is 31.2 Å². The van der Waals surface area contributed by atoms with Gasteiger partial charge in [-0.2, -0.15) is 0 Å². The fraction of sp³-hybridized carbons (Fsp3) is 0.588. The SMILES string of the molecule is COC[C@@]12CN(C(=O)c3ccc(Cl)c(F)c3)C[C@@H]1C(C)(C)C2. The largest absolute Gasteiger partial charge is 0.384 e. The van der Waals surface area contributed by atoms with Gasteiger partial charge in [-0.15, -0.1) is 0 Å². The van der Waals surface area contributed by atoms with Crippen molar-refractivity contribution in [1.82, 2.24) is 4.90 Å². The van der Waals surface area contributed by atoms with Crippen LogP contribution in [0.2, 0.25) is 5.02 Å². The van der Waals surface area contributed by atoms with E-state index >= 15 is 0 Å². The van der Waals surface area contributed by atoms with E-state index < -0.39 is 5.82 Å². The maximum Gasteiger partial charge on any atom is 0.253 e. The minimum absolute atomic E-state index is 0.0371. The lowest BCUT2D eigenvalue weighted by atomic mass is 9.48. The number of hydrogen-bond donors (Lipinski definition) is 0. The van der Waals surface area contributed by atoms with Gasteiger partial charge in [0.1, 0.15) is 5.82 Å². The first kappa shape index (κ1) is 15.8. The summed E-state index contributed by atoms with van der Waals surface area (Å²) in [6, 6.07) is 4.24. The number of rotatable bonds is 3. The molecule has 1 aliphatic heterocycles. The van der Waals surface area contributed by atoms with Crippen LogP contribution in [0.15, 0.2) is 18.2 Å². The number of carbonyl (C=O) groups is 1. The Hall–Kier alpha value is -1.13. The lowest BCUT2D eigenvalue weighted by Gasteiger charge is -2.56. The fourth-order valence-electron chi connectivity index (χ4n) is 4.57. The molecule has 2 fully saturated rings. The summed E-state index contributed by atoms with van der Waals surface area (Å²) in [6.45, 7) is 6.53. The van der Waals surface area contributed by atoms with Crippen molar-refractivity contribution in [1.29, 1.82) is 0 Å². The molecule has 0 radical (unpaired) electrons. The highest BCUT2D eigenvalue weighted by molar-refractivity contribution is 6.30. The highest BCUT2D eigenvalue weighted by Gasteiger charge is 2.63. The van der Waals surface area contributed by atoms with Crippen LogP contribution in [0, 0.1) is 22.6 Å². The zero-order valence-electron chi connectivity index (χ0n) is 13.2. The first-order valence-electron chi connectivity index (χ1n) is 7.52. The molecule has 0 spiro atoms. The number of amides is 1. The van der Waals surface area contributed by atoms with Crippen molar-refractivity contribution in [3.8, 4) is 0 Å². The molecule has 2 aliphatic rings. The Morgan fingerprint density at radius 3 is 2.82 bits per heavy atom. The predicted octanol–water partition coefficient (Wildman–Crippen LogP) is 3.61. The molecule has 3 rings (SSSR count). The van der Waals surface area contributed by atoms with Crippen LogP contribution in [0.5, 0.6) is 0 Å². The monoisotopic (exact) mass is 325 g/mol. The molecule has 0 bridgehead atoms. The second-order valence-corrected chi connectivity index (χ2v) is 7.74. The van der Waals surface area contributed by atoms with Crippen molar-refractivity contribution in [2.45, 2.75) is 20.3 Å². The molecule has 1 saturated carbocycles. The highest BCUT2D eigenvalue weighted by Crippen LogP contribution is 2.62. The van der Waals surface area contributed by atoms with Crippen LogP contribution in [0.4, 0.5) is 4.39 Å². The molecule has 22 heavy (non-hydrogen) atoms. The summed E-state index contributed by atoms with van der Waals surface area (Å²) in [6.07, 6.45) is 1.05. The Bertz CT molecular complexity index is 619. The number of nitrogens with zero attached hydrogens (tertiary/aromatic N) is 1. The Kier molecular flexibility index (Phi) is 3.73. The van der Waals surface area contributed by atoms with E-state index in [4.69, 9.17) is 16.3 Å². The normalized spacial score (nSPS) is 29.1. The number of carbonyl (C=O) groups excluding carboxylic acids is 1. The van der Waals surface area contributed by atoms with Gasteiger partial charge in [0.25, 0.3) is 5.91 Å². The molecule has 5 heteroatoms. The maximum atomic E-state index is 13.6. The first-order valence-corrected chi connectivity index (χ1v) is 7.90. The summed E-state index contributed by atoms with van der Waals surface area (Å²) in [7, 11) is 1.70. The van der Waals surface area contributed by atoms with Crippen LogP contribution in [-0.2, 0) is 4.74 Å². The van der Waals surface area contributed by atoms with E-state index in [0.717, 1.165) is 6.42 Å². The maximum absolute atomic E-state index is 13.6. The van der Waals surface area contributed by atoms with Crippen molar-refractivity contribution in [2.24, 2.45) is 16.7 Å². The average Bonchev–Trinajstić information content (AvgIpc) is 2.76. The van der Waals surface area contributed by atoms with Crippen LogP contribution in [0.1, 0.15) is 30.6 Å². The molecule has 1 aromatic rings. The molecular weight excluding hydrogens is 305 g/mol. The van der Waals surface area contributed by atoms with E-state index in [2.05, 4.69) is 13.8 Å². The standard InChI is InChI=1S/C17H21ClFNO2/c1-16(2)8-17(10-22-3)9-20(7-14(16)17)15(21)11-4-5-12(18)13(19)6-11/h4-6,14H,7-10H2,1-3H3/t14-,17-/m1/s1. The third-order valence-corrected chi connectivity index (χ3v) is 5.59. The molecule has 0 unspecified atom stereocenters. The lowest BCUT2D eigenvalue weighted by Crippen LogP contribution is -2.55. The Balaban J connectivity index is 1.82. The molecule has 1 aromatic carbocycles. The molecule has 1 amide bonds. The minimum atomic E-state index is -0.554. The lowest BCUT2D eigenvalue weighted by molar-refractivity contribution is -0.107. The molecule has 2 atom stereocenters. The molecule has 120 valence electrons. The van der Waals surface area contributed by atoms with Crippen LogP contribution in [0.3, 0.4) is 0 Å². The molecule has 1 heterocycles. The van der Waals surface area contributed by atoms with Crippen molar-refractivity contribution in [2.75, 3.05) is 26.8 Å². The van der Waals surface area contributed by atoms with Gasteiger partial charge in [-0.05, 0) is 36.0 Å². The summed E-state index contributed by atoms with van der Waals surface area (Å²) < 4.78 is 19.0. The molecule has 1 aliphatic carbocycles. The smallest absolute Gasteiger partial charge is 0.253 e. The van der Waals surface area contributed by atoms with Crippen molar-refractivity contribution < 1.29 is 13.9 Å². The Morgan fingerprint density at radius 2 is 2.23 bits per heavy atom. The highest BCUT2D eigenvalue weighted by atomic mass is 35.5.